The molecule has 1 aliphatic rings. The fourth-order valence-electron chi connectivity index (χ4n) is 3.76. The number of aromatic nitrogens is 2. The molecule has 2 heterocycles. The predicted octanol–water partition coefficient (Wildman–Crippen LogP) is 4.10. The van der Waals surface area contributed by atoms with Gasteiger partial charge in [0.25, 0.3) is 5.91 Å². The molecule has 1 aliphatic heterocycles. The molecule has 33 heavy (non-hydrogen) atoms. The molecule has 0 unspecified atom stereocenters. The van der Waals surface area contributed by atoms with Gasteiger partial charge in [-0.15, -0.1) is 0 Å². The first kappa shape index (κ1) is 22.7. The summed E-state index contributed by atoms with van der Waals surface area (Å²) in [7, 11) is 2.11. The molecule has 3 aromatic rings. The zero-order valence-electron chi connectivity index (χ0n) is 18.9. The molecule has 172 valence electrons. The third-order valence-electron chi connectivity index (χ3n) is 5.81. The maximum absolute atomic E-state index is 13.5. The fourth-order valence-corrected chi connectivity index (χ4v) is 3.76. The Bertz CT molecular complexity index is 1100. The number of carbonyl (C=O) groups excluding carboxylic acids is 1. The predicted molar refractivity (Wildman–Crippen MR) is 128 cm³/mol. The minimum absolute atomic E-state index is 0.0257. The number of rotatable bonds is 7. The lowest BCUT2D eigenvalue weighted by Gasteiger charge is -2.29. The van der Waals surface area contributed by atoms with Crippen molar-refractivity contribution in [1.29, 1.82) is 0 Å². The summed E-state index contributed by atoms with van der Waals surface area (Å²) in [6.07, 6.45) is 3.63. The number of aryl methyl sites for hydroxylation is 1. The Morgan fingerprint density at radius 2 is 1.88 bits per heavy atom. The molecule has 2 aromatic carbocycles. The number of hydrogen-bond donors (Lipinski definition) is 3. The average molecular weight is 449 g/mol. The third kappa shape index (κ3) is 6.26. The van der Waals surface area contributed by atoms with Crippen molar-refractivity contribution in [2.24, 2.45) is 0 Å². The molecular formula is C25H29FN6O. The summed E-state index contributed by atoms with van der Waals surface area (Å²) < 4.78 is 13.5. The van der Waals surface area contributed by atoms with Crippen LogP contribution in [-0.4, -0.2) is 47.0 Å². The highest BCUT2D eigenvalue weighted by molar-refractivity contribution is 5.94. The summed E-state index contributed by atoms with van der Waals surface area (Å²) in [5, 5.41) is 9.50. The lowest BCUT2D eigenvalue weighted by atomic mass is 10.0. The van der Waals surface area contributed by atoms with E-state index in [4.69, 9.17) is 0 Å². The molecule has 8 heteroatoms. The first-order valence-corrected chi connectivity index (χ1v) is 11.1. The Kier molecular flexibility index (Phi) is 7.14. The third-order valence-corrected chi connectivity index (χ3v) is 5.81. The van der Waals surface area contributed by atoms with Gasteiger partial charge >= 0.3 is 0 Å². The second-order valence-corrected chi connectivity index (χ2v) is 8.46. The minimum Gasteiger partial charge on any atom is -0.350 e. The molecule has 7 nitrogen and oxygen atoms in total. The molecule has 3 N–H and O–H groups in total. The monoisotopic (exact) mass is 448 g/mol. The largest absolute Gasteiger partial charge is 0.350 e. The zero-order valence-corrected chi connectivity index (χ0v) is 18.9. The molecular weight excluding hydrogens is 419 g/mol. The molecule has 0 atom stereocenters. The Hall–Kier alpha value is -3.52. The number of anilines is 3. The quantitative estimate of drug-likeness (QED) is 0.505. The molecule has 0 spiro atoms. The van der Waals surface area contributed by atoms with Crippen molar-refractivity contribution in [2.75, 3.05) is 30.8 Å². The van der Waals surface area contributed by atoms with Crippen molar-refractivity contribution >= 4 is 23.4 Å². The van der Waals surface area contributed by atoms with E-state index in [1.54, 1.807) is 31.3 Å². The van der Waals surface area contributed by atoms with Crippen molar-refractivity contribution in [3.63, 3.8) is 0 Å². The van der Waals surface area contributed by atoms with Gasteiger partial charge in [-0.25, -0.2) is 9.37 Å². The molecule has 0 aliphatic carbocycles. The molecule has 1 fully saturated rings. The molecule has 4 rings (SSSR count). The van der Waals surface area contributed by atoms with Crippen molar-refractivity contribution in [3.05, 3.63) is 77.2 Å². The summed E-state index contributed by atoms with van der Waals surface area (Å²) in [6, 6.07) is 14.4. The van der Waals surface area contributed by atoms with Crippen LogP contribution < -0.4 is 16.0 Å². The zero-order chi connectivity index (χ0) is 23.2. The molecule has 0 bridgehead atoms. The van der Waals surface area contributed by atoms with Crippen LogP contribution in [0.4, 0.5) is 21.8 Å². The van der Waals surface area contributed by atoms with Crippen LogP contribution in [0.2, 0.25) is 0 Å². The van der Waals surface area contributed by atoms with E-state index in [0.29, 0.717) is 29.4 Å². The van der Waals surface area contributed by atoms with E-state index in [1.165, 1.54) is 6.07 Å². The first-order valence-electron chi connectivity index (χ1n) is 11.1. The summed E-state index contributed by atoms with van der Waals surface area (Å²) >= 11 is 0. The summed E-state index contributed by atoms with van der Waals surface area (Å²) in [4.78, 5) is 23.5. The Balaban J connectivity index is 1.30. The molecule has 1 amide bonds. The first-order chi connectivity index (χ1) is 16.0. The summed E-state index contributed by atoms with van der Waals surface area (Å²) in [5.74, 6) is 0.820. The molecule has 1 aromatic heterocycles. The van der Waals surface area contributed by atoms with Crippen molar-refractivity contribution in [3.8, 4) is 0 Å². The normalized spacial score (nSPS) is 14.6. The second-order valence-electron chi connectivity index (χ2n) is 8.46. The number of amides is 1. The molecule has 0 radical (unpaired) electrons. The number of halogens is 1. The van der Waals surface area contributed by atoms with Crippen LogP contribution in [0.15, 0.2) is 54.7 Å². The van der Waals surface area contributed by atoms with E-state index in [-0.39, 0.29) is 17.8 Å². The van der Waals surface area contributed by atoms with Crippen LogP contribution in [0.5, 0.6) is 0 Å². The maximum Gasteiger partial charge on any atom is 0.251 e. The van der Waals surface area contributed by atoms with Crippen LogP contribution >= 0.6 is 0 Å². The highest BCUT2D eigenvalue weighted by atomic mass is 19.1. The van der Waals surface area contributed by atoms with Crippen LogP contribution in [0, 0.1) is 12.7 Å². The van der Waals surface area contributed by atoms with E-state index in [9.17, 15) is 9.18 Å². The number of piperidine rings is 1. The Morgan fingerprint density at radius 1 is 1.12 bits per heavy atom. The number of carbonyl (C=O) groups is 1. The van der Waals surface area contributed by atoms with Gasteiger partial charge in [0.2, 0.25) is 5.95 Å². The van der Waals surface area contributed by atoms with E-state index >= 15 is 0 Å². The van der Waals surface area contributed by atoms with Gasteiger partial charge in [-0.2, -0.15) is 4.98 Å². The van der Waals surface area contributed by atoms with Crippen molar-refractivity contribution in [1.82, 2.24) is 20.2 Å². The van der Waals surface area contributed by atoms with Crippen LogP contribution in [0.3, 0.4) is 0 Å². The van der Waals surface area contributed by atoms with Gasteiger partial charge in [0.05, 0.1) is 0 Å². The SMILES string of the molecule is Cc1cc(Nc2ccnc(NCc3ccc(C(=O)NC4CCN(C)CC4)cc3)n2)ccc1F. The topological polar surface area (TPSA) is 82.2 Å². The van der Waals surface area contributed by atoms with Crippen molar-refractivity contribution < 1.29 is 9.18 Å². The van der Waals surface area contributed by atoms with Gasteiger partial charge in [0.1, 0.15) is 11.6 Å². The van der Waals surface area contributed by atoms with Gasteiger partial charge in [0, 0.05) is 30.0 Å². The van der Waals surface area contributed by atoms with E-state index in [1.807, 2.05) is 24.3 Å². The number of benzene rings is 2. The van der Waals surface area contributed by atoms with Gasteiger partial charge < -0.3 is 20.9 Å². The lowest BCUT2D eigenvalue weighted by Crippen LogP contribution is -2.43. The van der Waals surface area contributed by atoms with Gasteiger partial charge in [0.15, 0.2) is 0 Å². The second kappa shape index (κ2) is 10.4. The van der Waals surface area contributed by atoms with Gasteiger partial charge in [-0.1, -0.05) is 12.1 Å². The van der Waals surface area contributed by atoms with Crippen molar-refractivity contribution in [2.45, 2.75) is 32.4 Å². The summed E-state index contributed by atoms with van der Waals surface area (Å²) in [6.45, 7) is 4.27. The number of nitrogens with zero attached hydrogens (tertiary/aromatic N) is 3. The van der Waals surface area contributed by atoms with Gasteiger partial charge in [-0.05, 0) is 87.4 Å². The fraction of sp³-hybridized carbons (Fsp3) is 0.320. The minimum atomic E-state index is -0.240. The number of nitrogens with one attached hydrogen (secondary N) is 3. The van der Waals surface area contributed by atoms with Crippen LogP contribution in [-0.2, 0) is 6.54 Å². The number of hydrogen-bond acceptors (Lipinski definition) is 6. The smallest absolute Gasteiger partial charge is 0.251 e. The maximum atomic E-state index is 13.5. The average Bonchev–Trinajstić information content (AvgIpc) is 2.82. The Labute approximate surface area is 193 Å². The Morgan fingerprint density at radius 3 is 2.61 bits per heavy atom. The van der Waals surface area contributed by atoms with Crippen LogP contribution in [0.25, 0.3) is 0 Å². The highest BCUT2D eigenvalue weighted by Gasteiger charge is 2.19. The highest BCUT2D eigenvalue weighted by Crippen LogP contribution is 2.18. The van der Waals surface area contributed by atoms with E-state index in [2.05, 4.69) is 37.9 Å². The standard InChI is InChI=1S/C25H29FN6O/c1-17-15-21(7-8-22(17)26)29-23-9-12-27-25(31-23)28-16-18-3-5-19(6-4-18)24(33)30-20-10-13-32(2)14-11-20/h3-9,12,15,20H,10-11,13-14,16H2,1-2H3,(H,30,33)(H2,27,28,29,31). The molecule has 0 saturated carbocycles. The van der Waals surface area contributed by atoms with E-state index in [0.717, 1.165) is 37.2 Å². The summed E-state index contributed by atoms with van der Waals surface area (Å²) in [5.41, 5.74) is 3.00. The number of likely N-dealkylation sites (tertiary alicyclic amines) is 1. The lowest BCUT2D eigenvalue weighted by molar-refractivity contribution is 0.0917. The molecule has 1 saturated heterocycles. The van der Waals surface area contributed by atoms with E-state index < -0.39 is 0 Å². The van der Waals surface area contributed by atoms with Gasteiger partial charge in [-0.3, -0.25) is 4.79 Å². The van der Waals surface area contributed by atoms with Crippen LogP contribution in [0.1, 0.15) is 34.3 Å².